The second-order valence-electron chi connectivity index (χ2n) is 4.53. The van der Waals surface area contributed by atoms with Crippen LogP contribution in [0.25, 0.3) is 0 Å². The Kier molecular flexibility index (Phi) is 4.74. The summed E-state index contributed by atoms with van der Waals surface area (Å²) in [5.74, 6) is 1.21. The number of hydrogen-bond donors (Lipinski definition) is 1. The van der Waals surface area contributed by atoms with Crippen molar-refractivity contribution in [2.75, 3.05) is 25.9 Å². The lowest BCUT2D eigenvalue weighted by Crippen LogP contribution is -2.52. The summed E-state index contributed by atoms with van der Waals surface area (Å²) in [6.45, 7) is 6.57. The van der Waals surface area contributed by atoms with E-state index in [1.165, 1.54) is 31.6 Å². The summed E-state index contributed by atoms with van der Waals surface area (Å²) >= 11 is 2.07. The molecule has 3 heteroatoms. The van der Waals surface area contributed by atoms with Crippen molar-refractivity contribution in [1.82, 2.24) is 4.90 Å². The van der Waals surface area contributed by atoms with Gasteiger partial charge in [0.2, 0.25) is 0 Å². The van der Waals surface area contributed by atoms with E-state index in [2.05, 4.69) is 37.6 Å². The number of nitrogens with zero attached hydrogens (tertiary/aromatic N) is 1. The van der Waals surface area contributed by atoms with Crippen LogP contribution in [-0.2, 0) is 0 Å². The Morgan fingerprint density at radius 1 is 1.57 bits per heavy atom. The molecule has 0 bridgehead atoms. The lowest BCUT2D eigenvalue weighted by Gasteiger charge is -2.37. The average Bonchev–Trinajstić information content (AvgIpc) is 2.58. The van der Waals surface area contributed by atoms with Crippen molar-refractivity contribution in [3.8, 4) is 0 Å². The van der Waals surface area contributed by atoms with Crippen molar-refractivity contribution in [3.63, 3.8) is 0 Å². The second kappa shape index (κ2) is 5.38. The van der Waals surface area contributed by atoms with Crippen molar-refractivity contribution in [1.29, 1.82) is 0 Å². The van der Waals surface area contributed by atoms with Gasteiger partial charge in [-0.2, -0.15) is 11.8 Å². The summed E-state index contributed by atoms with van der Waals surface area (Å²) in [7, 11) is 2.24. The van der Waals surface area contributed by atoms with E-state index in [4.69, 9.17) is 5.73 Å². The van der Waals surface area contributed by atoms with Crippen LogP contribution in [0.4, 0.5) is 0 Å². The molecule has 1 saturated heterocycles. The summed E-state index contributed by atoms with van der Waals surface area (Å²) in [4.78, 5) is 2.49. The third kappa shape index (κ3) is 2.65. The molecule has 2 unspecified atom stereocenters. The van der Waals surface area contributed by atoms with E-state index in [-0.39, 0.29) is 0 Å². The van der Waals surface area contributed by atoms with Crippen molar-refractivity contribution in [2.24, 2.45) is 5.73 Å². The molecule has 0 aromatic rings. The number of unbranched alkanes of at least 4 members (excludes halogenated alkanes) is 1. The highest BCUT2D eigenvalue weighted by Gasteiger charge is 2.39. The zero-order chi connectivity index (χ0) is 10.6. The zero-order valence-corrected chi connectivity index (χ0v) is 10.6. The monoisotopic (exact) mass is 216 g/mol. The summed E-state index contributed by atoms with van der Waals surface area (Å²) in [6, 6.07) is 0. The minimum absolute atomic E-state index is 0.291. The average molecular weight is 216 g/mol. The smallest absolute Gasteiger partial charge is 0.0429 e. The van der Waals surface area contributed by atoms with E-state index in [9.17, 15) is 0 Å². The first-order valence-corrected chi connectivity index (χ1v) is 6.72. The van der Waals surface area contributed by atoms with Gasteiger partial charge in [-0.05, 0) is 26.4 Å². The third-order valence-corrected chi connectivity index (χ3v) is 4.78. The van der Waals surface area contributed by atoms with Gasteiger partial charge in [-0.15, -0.1) is 0 Å². The van der Waals surface area contributed by atoms with Crippen LogP contribution in [0.15, 0.2) is 0 Å². The molecule has 0 radical (unpaired) electrons. The van der Waals surface area contributed by atoms with E-state index in [0.29, 0.717) is 5.54 Å². The van der Waals surface area contributed by atoms with Gasteiger partial charge < -0.3 is 5.73 Å². The standard InChI is InChI=1S/C11H24N2S/c1-4-5-6-13(3)11(8-12)7-10(2)14-9-11/h10H,4-9,12H2,1-3H3. The van der Waals surface area contributed by atoms with Gasteiger partial charge in [-0.3, -0.25) is 4.90 Å². The highest BCUT2D eigenvalue weighted by Crippen LogP contribution is 2.37. The molecular weight excluding hydrogens is 192 g/mol. The van der Waals surface area contributed by atoms with Gasteiger partial charge in [0.05, 0.1) is 0 Å². The Labute approximate surface area is 92.6 Å². The van der Waals surface area contributed by atoms with E-state index in [0.717, 1.165) is 11.8 Å². The van der Waals surface area contributed by atoms with Crippen molar-refractivity contribution < 1.29 is 0 Å². The predicted molar refractivity (Wildman–Crippen MR) is 65.9 cm³/mol. The van der Waals surface area contributed by atoms with Gasteiger partial charge in [0.15, 0.2) is 0 Å². The molecule has 0 amide bonds. The van der Waals surface area contributed by atoms with Gasteiger partial charge in [0.1, 0.15) is 0 Å². The van der Waals surface area contributed by atoms with Crippen LogP contribution in [0.3, 0.4) is 0 Å². The van der Waals surface area contributed by atoms with Crippen LogP contribution in [0.5, 0.6) is 0 Å². The maximum atomic E-state index is 5.95. The van der Waals surface area contributed by atoms with Crippen LogP contribution in [0, 0.1) is 0 Å². The molecule has 2 atom stereocenters. The highest BCUT2D eigenvalue weighted by atomic mass is 32.2. The third-order valence-electron chi connectivity index (χ3n) is 3.34. The number of hydrogen-bond acceptors (Lipinski definition) is 3. The van der Waals surface area contributed by atoms with Crippen molar-refractivity contribution in [3.05, 3.63) is 0 Å². The Balaban J connectivity index is 2.51. The van der Waals surface area contributed by atoms with Crippen LogP contribution < -0.4 is 5.73 Å². The molecule has 2 N–H and O–H groups in total. The zero-order valence-electron chi connectivity index (χ0n) is 9.75. The second-order valence-corrected chi connectivity index (χ2v) is 5.96. The first-order valence-electron chi connectivity index (χ1n) is 5.67. The molecule has 0 saturated carbocycles. The van der Waals surface area contributed by atoms with Gasteiger partial charge in [0, 0.05) is 23.1 Å². The Bertz CT molecular complexity index is 175. The molecule has 14 heavy (non-hydrogen) atoms. The quantitative estimate of drug-likeness (QED) is 0.761. The molecule has 1 aliphatic heterocycles. The predicted octanol–water partition coefficient (Wildman–Crippen LogP) is 1.94. The van der Waals surface area contributed by atoms with Gasteiger partial charge in [-0.25, -0.2) is 0 Å². The lowest BCUT2D eigenvalue weighted by atomic mass is 9.94. The Morgan fingerprint density at radius 2 is 2.29 bits per heavy atom. The molecule has 1 heterocycles. The molecular formula is C11H24N2S. The number of nitrogens with two attached hydrogens (primary N) is 1. The molecule has 1 rings (SSSR count). The maximum absolute atomic E-state index is 5.95. The number of thioether (sulfide) groups is 1. The molecule has 0 aromatic carbocycles. The van der Waals surface area contributed by atoms with Crippen LogP contribution in [0.1, 0.15) is 33.1 Å². The van der Waals surface area contributed by atoms with Crippen LogP contribution >= 0.6 is 11.8 Å². The molecule has 0 spiro atoms. The fourth-order valence-corrected chi connectivity index (χ4v) is 3.63. The van der Waals surface area contributed by atoms with Gasteiger partial charge in [-0.1, -0.05) is 20.3 Å². The number of rotatable bonds is 5. The van der Waals surface area contributed by atoms with Crippen molar-refractivity contribution in [2.45, 2.75) is 43.9 Å². The first kappa shape index (κ1) is 12.3. The van der Waals surface area contributed by atoms with E-state index >= 15 is 0 Å². The van der Waals surface area contributed by atoms with E-state index in [1.54, 1.807) is 0 Å². The molecule has 84 valence electrons. The molecule has 2 nitrogen and oxygen atoms in total. The summed E-state index contributed by atoms with van der Waals surface area (Å²) < 4.78 is 0. The van der Waals surface area contributed by atoms with Gasteiger partial charge >= 0.3 is 0 Å². The Hall–Kier alpha value is 0.270. The minimum atomic E-state index is 0.291. The van der Waals surface area contributed by atoms with Crippen molar-refractivity contribution >= 4 is 11.8 Å². The molecule has 0 aromatic heterocycles. The molecule has 0 aliphatic carbocycles. The number of likely N-dealkylation sites (N-methyl/N-ethyl adjacent to an activating group) is 1. The highest BCUT2D eigenvalue weighted by molar-refractivity contribution is 8.00. The molecule has 1 fully saturated rings. The summed E-state index contributed by atoms with van der Waals surface area (Å²) in [5, 5.41) is 0.780. The summed E-state index contributed by atoms with van der Waals surface area (Å²) in [6.07, 6.45) is 3.82. The fraction of sp³-hybridized carbons (Fsp3) is 1.00. The topological polar surface area (TPSA) is 29.3 Å². The fourth-order valence-electron chi connectivity index (χ4n) is 2.15. The SMILES string of the molecule is CCCCN(C)C1(CN)CSC(C)C1. The maximum Gasteiger partial charge on any atom is 0.0429 e. The van der Waals surface area contributed by atoms with E-state index < -0.39 is 0 Å². The van der Waals surface area contributed by atoms with E-state index in [1.807, 2.05) is 0 Å². The van der Waals surface area contributed by atoms with Gasteiger partial charge in [0.25, 0.3) is 0 Å². The summed E-state index contributed by atoms with van der Waals surface area (Å²) in [5.41, 5.74) is 6.24. The Morgan fingerprint density at radius 3 is 2.71 bits per heavy atom. The first-order chi connectivity index (χ1) is 6.64. The van der Waals surface area contributed by atoms with Crippen LogP contribution in [-0.4, -0.2) is 41.6 Å². The minimum Gasteiger partial charge on any atom is -0.329 e. The normalized spacial score (nSPS) is 32.8. The molecule has 1 aliphatic rings. The van der Waals surface area contributed by atoms with Crippen LogP contribution in [0.2, 0.25) is 0 Å². The largest absolute Gasteiger partial charge is 0.329 e. The lowest BCUT2D eigenvalue weighted by molar-refractivity contribution is 0.145.